The summed E-state index contributed by atoms with van der Waals surface area (Å²) in [5.41, 5.74) is 5.11. The standard InChI is InChI=1S/C22H16.CH2O3/c1-2-9-17(10-3-1)19-14-6-7-15-21(19)22-16-8-12-18-11-4-5-13-20(18)22;2-1(3)4/h1-16H;(H2,2,3,4). The number of fused-ring (bicyclic) bond motifs is 1. The van der Waals surface area contributed by atoms with Crippen molar-refractivity contribution >= 4 is 16.9 Å². The zero-order valence-corrected chi connectivity index (χ0v) is 14.0. The maximum absolute atomic E-state index is 8.56. The molecule has 3 heteroatoms. The van der Waals surface area contributed by atoms with E-state index in [0.29, 0.717) is 0 Å². The second kappa shape index (κ2) is 7.99. The molecule has 4 rings (SSSR count). The van der Waals surface area contributed by atoms with Crippen molar-refractivity contribution in [2.75, 3.05) is 0 Å². The zero-order valence-electron chi connectivity index (χ0n) is 14.0. The summed E-state index contributed by atoms with van der Waals surface area (Å²) < 4.78 is 0. The van der Waals surface area contributed by atoms with Gasteiger partial charge in [0.15, 0.2) is 0 Å². The van der Waals surface area contributed by atoms with E-state index in [4.69, 9.17) is 15.0 Å². The molecule has 2 N–H and O–H groups in total. The van der Waals surface area contributed by atoms with Crippen LogP contribution >= 0.6 is 0 Å². The maximum Gasteiger partial charge on any atom is 0.503 e. The van der Waals surface area contributed by atoms with E-state index < -0.39 is 6.16 Å². The summed E-state index contributed by atoms with van der Waals surface area (Å²) >= 11 is 0. The highest BCUT2D eigenvalue weighted by molar-refractivity contribution is 6.00. The summed E-state index contributed by atoms with van der Waals surface area (Å²) in [6.45, 7) is 0. The minimum Gasteiger partial charge on any atom is -0.450 e. The van der Waals surface area contributed by atoms with Crippen LogP contribution in [0.4, 0.5) is 4.79 Å². The maximum atomic E-state index is 8.56. The molecule has 0 atom stereocenters. The van der Waals surface area contributed by atoms with Gasteiger partial charge in [-0.25, -0.2) is 4.79 Å². The molecule has 0 heterocycles. The molecule has 0 radical (unpaired) electrons. The lowest BCUT2D eigenvalue weighted by molar-refractivity contribution is 0.137. The Morgan fingerprint density at radius 2 is 1.04 bits per heavy atom. The van der Waals surface area contributed by atoms with Gasteiger partial charge in [0, 0.05) is 0 Å². The average Bonchev–Trinajstić information content (AvgIpc) is 2.68. The molecule has 0 aliphatic carbocycles. The second-order valence-corrected chi connectivity index (χ2v) is 5.72. The Hall–Kier alpha value is -3.59. The van der Waals surface area contributed by atoms with Crippen LogP contribution in [-0.2, 0) is 0 Å². The van der Waals surface area contributed by atoms with Crippen LogP contribution in [-0.4, -0.2) is 16.4 Å². The van der Waals surface area contributed by atoms with Crippen LogP contribution < -0.4 is 0 Å². The molecule has 0 aliphatic heterocycles. The summed E-state index contributed by atoms with van der Waals surface area (Å²) in [5, 5.41) is 16.5. The van der Waals surface area contributed by atoms with Gasteiger partial charge in [0.25, 0.3) is 0 Å². The van der Waals surface area contributed by atoms with Crippen molar-refractivity contribution in [3.63, 3.8) is 0 Å². The molecule has 0 aromatic heterocycles. The molecule has 0 amide bonds. The summed E-state index contributed by atoms with van der Waals surface area (Å²) in [5.74, 6) is 0. The molecular formula is C23H18O3. The normalized spacial score (nSPS) is 10.0. The van der Waals surface area contributed by atoms with Crippen molar-refractivity contribution < 1.29 is 15.0 Å². The molecule has 3 nitrogen and oxygen atoms in total. The molecule has 0 unspecified atom stereocenters. The number of carbonyl (C=O) groups is 1. The molecule has 0 saturated carbocycles. The fourth-order valence-corrected chi connectivity index (χ4v) is 3.05. The molecule has 0 spiro atoms. The van der Waals surface area contributed by atoms with Crippen LogP contribution in [0.3, 0.4) is 0 Å². The Kier molecular flexibility index (Phi) is 5.30. The largest absolute Gasteiger partial charge is 0.503 e. The molecule has 0 saturated heterocycles. The Balaban J connectivity index is 0.000000447. The topological polar surface area (TPSA) is 57.5 Å². The lowest BCUT2D eigenvalue weighted by Gasteiger charge is -2.12. The Morgan fingerprint density at radius 3 is 1.77 bits per heavy atom. The SMILES string of the molecule is O=C(O)O.c1ccc(-c2ccccc2-c2cccc3ccccc23)cc1. The third kappa shape index (κ3) is 3.90. The number of hydrogen-bond acceptors (Lipinski definition) is 1. The number of benzene rings is 4. The predicted molar refractivity (Wildman–Crippen MR) is 105 cm³/mol. The van der Waals surface area contributed by atoms with Gasteiger partial charge in [-0.3, -0.25) is 0 Å². The summed E-state index contributed by atoms with van der Waals surface area (Å²) in [7, 11) is 0. The highest BCUT2D eigenvalue weighted by Crippen LogP contribution is 2.35. The van der Waals surface area contributed by atoms with Gasteiger partial charge in [0.05, 0.1) is 0 Å². The molecule has 4 aromatic carbocycles. The minimum atomic E-state index is -1.83. The Bertz CT molecular complexity index is 1010. The van der Waals surface area contributed by atoms with E-state index in [1.165, 1.54) is 33.0 Å². The van der Waals surface area contributed by atoms with E-state index in [0.717, 1.165) is 0 Å². The van der Waals surface area contributed by atoms with Crippen molar-refractivity contribution in [1.29, 1.82) is 0 Å². The predicted octanol–water partition coefficient (Wildman–Crippen LogP) is 6.40. The average molecular weight is 342 g/mol. The summed E-state index contributed by atoms with van der Waals surface area (Å²) in [6, 6.07) is 34.3. The first-order valence-electron chi connectivity index (χ1n) is 8.21. The van der Waals surface area contributed by atoms with Gasteiger partial charge in [-0.1, -0.05) is 97.1 Å². The number of carboxylic acid groups (broad SMARTS) is 2. The number of rotatable bonds is 2. The van der Waals surface area contributed by atoms with Crippen molar-refractivity contribution in [3.8, 4) is 22.3 Å². The van der Waals surface area contributed by atoms with Crippen molar-refractivity contribution in [2.45, 2.75) is 0 Å². The third-order valence-electron chi connectivity index (χ3n) is 4.09. The highest BCUT2D eigenvalue weighted by atomic mass is 16.6. The zero-order chi connectivity index (χ0) is 18.4. The molecule has 128 valence electrons. The lowest BCUT2D eigenvalue weighted by atomic mass is 9.91. The minimum absolute atomic E-state index is 1.26. The van der Waals surface area contributed by atoms with Gasteiger partial charge in [-0.2, -0.15) is 0 Å². The molecular weight excluding hydrogens is 324 g/mol. The van der Waals surface area contributed by atoms with Gasteiger partial charge >= 0.3 is 6.16 Å². The van der Waals surface area contributed by atoms with Gasteiger partial charge in [-0.15, -0.1) is 0 Å². The Labute approximate surface area is 151 Å². The van der Waals surface area contributed by atoms with Crippen LogP contribution in [0.15, 0.2) is 97.1 Å². The van der Waals surface area contributed by atoms with E-state index in [1.807, 2.05) is 0 Å². The van der Waals surface area contributed by atoms with Crippen molar-refractivity contribution in [3.05, 3.63) is 97.1 Å². The van der Waals surface area contributed by atoms with E-state index in [9.17, 15) is 0 Å². The first-order chi connectivity index (χ1) is 12.7. The van der Waals surface area contributed by atoms with Gasteiger partial charge in [0.2, 0.25) is 0 Å². The fourth-order valence-electron chi connectivity index (χ4n) is 3.05. The first kappa shape index (κ1) is 17.2. The van der Waals surface area contributed by atoms with Crippen LogP contribution in [0.2, 0.25) is 0 Å². The van der Waals surface area contributed by atoms with Gasteiger partial charge in [-0.05, 0) is 33.0 Å². The van der Waals surface area contributed by atoms with E-state index in [1.54, 1.807) is 0 Å². The summed E-state index contributed by atoms with van der Waals surface area (Å²) in [6.07, 6.45) is -1.83. The lowest BCUT2D eigenvalue weighted by Crippen LogP contribution is -1.86. The molecule has 0 aliphatic rings. The smallest absolute Gasteiger partial charge is 0.450 e. The molecule has 0 fully saturated rings. The highest BCUT2D eigenvalue weighted by Gasteiger charge is 2.09. The first-order valence-corrected chi connectivity index (χ1v) is 8.21. The molecule has 26 heavy (non-hydrogen) atoms. The van der Waals surface area contributed by atoms with E-state index in [-0.39, 0.29) is 0 Å². The Morgan fingerprint density at radius 1 is 0.538 bits per heavy atom. The van der Waals surface area contributed by atoms with Crippen LogP contribution in [0.25, 0.3) is 33.0 Å². The summed E-state index contributed by atoms with van der Waals surface area (Å²) in [4.78, 5) is 8.56. The van der Waals surface area contributed by atoms with E-state index in [2.05, 4.69) is 97.1 Å². The second-order valence-electron chi connectivity index (χ2n) is 5.72. The molecule has 4 aromatic rings. The van der Waals surface area contributed by atoms with Crippen molar-refractivity contribution in [1.82, 2.24) is 0 Å². The van der Waals surface area contributed by atoms with Gasteiger partial charge in [0.1, 0.15) is 0 Å². The quantitative estimate of drug-likeness (QED) is 0.443. The number of hydrogen-bond donors (Lipinski definition) is 2. The van der Waals surface area contributed by atoms with E-state index >= 15 is 0 Å². The van der Waals surface area contributed by atoms with Crippen LogP contribution in [0.1, 0.15) is 0 Å². The van der Waals surface area contributed by atoms with Crippen molar-refractivity contribution in [2.24, 2.45) is 0 Å². The van der Waals surface area contributed by atoms with Gasteiger partial charge < -0.3 is 10.2 Å². The monoisotopic (exact) mass is 342 g/mol. The van der Waals surface area contributed by atoms with Crippen LogP contribution in [0.5, 0.6) is 0 Å². The molecule has 0 bridgehead atoms. The third-order valence-corrected chi connectivity index (χ3v) is 4.09. The van der Waals surface area contributed by atoms with Crippen LogP contribution in [0, 0.1) is 0 Å². The fraction of sp³-hybridized carbons (Fsp3) is 0.